The van der Waals surface area contributed by atoms with Crippen molar-refractivity contribution in [2.24, 2.45) is 0 Å². The van der Waals surface area contributed by atoms with Gasteiger partial charge >= 0.3 is 0 Å². The number of morpholine rings is 1. The first-order valence-corrected chi connectivity index (χ1v) is 14.5. The SMILES string of the molecule is CCCCCCCCCCC(=O)N1CCOCC1(CCCc1ccccc1)C(=O)NOCc1ccccc1. The molecule has 1 aliphatic rings. The quantitative estimate of drug-likeness (QED) is 0.193. The molecule has 1 N–H and O–H groups in total. The van der Waals surface area contributed by atoms with Crippen molar-refractivity contribution in [2.45, 2.75) is 96.1 Å². The smallest absolute Gasteiger partial charge is 0.271 e. The van der Waals surface area contributed by atoms with E-state index in [0.29, 0.717) is 26.0 Å². The zero-order chi connectivity index (χ0) is 26.9. The molecule has 2 amide bonds. The summed E-state index contributed by atoms with van der Waals surface area (Å²) in [6.07, 6.45) is 12.0. The Morgan fingerprint density at radius 2 is 1.50 bits per heavy atom. The van der Waals surface area contributed by atoms with Gasteiger partial charge in [-0.05, 0) is 36.8 Å². The minimum Gasteiger partial charge on any atom is -0.377 e. The van der Waals surface area contributed by atoms with Gasteiger partial charge in [-0.1, -0.05) is 113 Å². The molecule has 2 aromatic rings. The minimum atomic E-state index is -1.07. The van der Waals surface area contributed by atoms with Crippen LogP contribution >= 0.6 is 0 Å². The van der Waals surface area contributed by atoms with Crippen LogP contribution in [0.5, 0.6) is 0 Å². The second-order valence-corrected chi connectivity index (χ2v) is 10.4. The molecule has 6 heteroatoms. The summed E-state index contributed by atoms with van der Waals surface area (Å²) < 4.78 is 5.83. The Morgan fingerprint density at radius 1 is 0.868 bits per heavy atom. The van der Waals surface area contributed by atoms with Gasteiger partial charge in [0.15, 0.2) is 0 Å². The van der Waals surface area contributed by atoms with Gasteiger partial charge in [0.25, 0.3) is 5.91 Å². The van der Waals surface area contributed by atoms with Gasteiger partial charge in [0, 0.05) is 13.0 Å². The normalized spacial score (nSPS) is 17.3. The second kappa shape index (κ2) is 17.0. The number of aryl methyl sites for hydroxylation is 1. The van der Waals surface area contributed by atoms with Crippen LogP contribution in [0.1, 0.15) is 88.7 Å². The van der Waals surface area contributed by atoms with E-state index in [4.69, 9.17) is 9.57 Å². The van der Waals surface area contributed by atoms with Crippen LogP contribution in [0.25, 0.3) is 0 Å². The summed E-state index contributed by atoms with van der Waals surface area (Å²) in [6.45, 7) is 3.55. The Hall–Kier alpha value is -2.70. The number of hydrogen-bond donors (Lipinski definition) is 1. The molecule has 0 saturated carbocycles. The van der Waals surface area contributed by atoms with E-state index in [-0.39, 0.29) is 25.0 Å². The van der Waals surface area contributed by atoms with Gasteiger partial charge in [-0.15, -0.1) is 0 Å². The van der Waals surface area contributed by atoms with Gasteiger partial charge < -0.3 is 9.64 Å². The topological polar surface area (TPSA) is 67.9 Å². The Kier molecular flexibility index (Phi) is 13.4. The summed E-state index contributed by atoms with van der Waals surface area (Å²) in [5.41, 5.74) is 3.78. The Morgan fingerprint density at radius 3 is 2.18 bits per heavy atom. The van der Waals surface area contributed by atoms with Crippen molar-refractivity contribution in [3.63, 3.8) is 0 Å². The fourth-order valence-electron chi connectivity index (χ4n) is 5.19. The highest BCUT2D eigenvalue weighted by Crippen LogP contribution is 2.29. The monoisotopic (exact) mass is 522 g/mol. The largest absolute Gasteiger partial charge is 0.377 e. The van der Waals surface area contributed by atoms with Crippen LogP contribution in [0, 0.1) is 0 Å². The lowest BCUT2D eigenvalue weighted by molar-refractivity contribution is -0.170. The van der Waals surface area contributed by atoms with E-state index in [9.17, 15) is 9.59 Å². The number of nitrogens with zero attached hydrogens (tertiary/aromatic N) is 1. The van der Waals surface area contributed by atoms with E-state index in [1.165, 1.54) is 37.7 Å². The van der Waals surface area contributed by atoms with Crippen molar-refractivity contribution < 1.29 is 19.2 Å². The standard InChI is InChI=1S/C32H46N2O4/c1-2-3-4-5-6-7-8-15-22-30(35)34-24-25-37-27-32(34,23-16-21-28-17-11-9-12-18-28)31(36)33-38-26-29-19-13-10-14-20-29/h9-14,17-20H,2-8,15-16,21-27H2,1H3,(H,33,36). The van der Waals surface area contributed by atoms with E-state index < -0.39 is 5.54 Å². The maximum atomic E-state index is 13.7. The fraction of sp³-hybridized carbons (Fsp3) is 0.562. The molecule has 208 valence electrons. The number of unbranched alkanes of at least 4 members (excludes halogenated alkanes) is 7. The first-order chi connectivity index (χ1) is 18.7. The molecule has 1 unspecified atom stereocenters. The molecule has 0 aliphatic carbocycles. The van der Waals surface area contributed by atoms with Crippen LogP contribution in [-0.2, 0) is 32.2 Å². The summed E-state index contributed by atoms with van der Waals surface area (Å²) in [5.74, 6) is -0.261. The van der Waals surface area contributed by atoms with Crippen molar-refractivity contribution in [2.75, 3.05) is 19.8 Å². The number of carbonyl (C=O) groups is 2. The van der Waals surface area contributed by atoms with E-state index >= 15 is 0 Å². The Labute approximate surface area is 229 Å². The lowest BCUT2D eigenvalue weighted by Gasteiger charge is -2.45. The highest BCUT2D eigenvalue weighted by molar-refractivity contribution is 5.91. The average Bonchev–Trinajstić information content (AvgIpc) is 2.95. The van der Waals surface area contributed by atoms with Gasteiger partial charge in [0.1, 0.15) is 5.54 Å². The predicted molar refractivity (Wildman–Crippen MR) is 151 cm³/mol. The zero-order valence-electron chi connectivity index (χ0n) is 23.2. The summed E-state index contributed by atoms with van der Waals surface area (Å²) in [7, 11) is 0. The van der Waals surface area contributed by atoms with Crippen molar-refractivity contribution in [1.29, 1.82) is 0 Å². The van der Waals surface area contributed by atoms with Gasteiger partial charge in [-0.25, -0.2) is 5.48 Å². The number of benzene rings is 2. The maximum absolute atomic E-state index is 13.7. The van der Waals surface area contributed by atoms with E-state index in [0.717, 1.165) is 37.7 Å². The first-order valence-electron chi connectivity index (χ1n) is 14.5. The van der Waals surface area contributed by atoms with Crippen LogP contribution in [-0.4, -0.2) is 42.0 Å². The molecule has 0 aromatic heterocycles. The number of hydroxylamine groups is 1. The van der Waals surface area contributed by atoms with Crippen LogP contribution in [0.15, 0.2) is 60.7 Å². The first kappa shape index (κ1) is 29.9. The Bertz CT molecular complexity index is 937. The predicted octanol–water partition coefficient (Wildman–Crippen LogP) is 6.39. The van der Waals surface area contributed by atoms with E-state index in [1.807, 2.05) is 48.5 Å². The van der Waals surface area contributed by atoms with Crippen molar-refractivity contribution >= 4 is 11.8 Å². The lowest BCUT2D eigenvalue weighted by Crippen LogP contribution is -2.66. The average molecular weight is 523 g/mol. The molecule has 2 aromatic carbocycles. The maximum Gasteiger partial charge on any atom is 0.271 e. The van der Waals surface area contributed by atoms with Crippen LogP contribution in [0.4, 0.5) is 0 Å². The highest BCUT2D eigenvalue weighted by atomic mass is 16.7. The molecule has 1 saturated heterocycles. The van der Waals surface area contributed by atoms with Crippen molar-refractivity contribution in [1.82, 2.24) is 10.4 Å². The molecule has 1 fully saturated rings. The molecular formula is C32H46N2O4. The van der Waals surface area contributed by atoms with Gasteiger partial charge in [-0.3, -0.25) is 14.4 Å². The van der Waals surface area contributed by atoms with Crippen LogP contribution in [0.3, 0.4) is 0 Å². The van der Waals surface area contributed by atoms with E-state index in [2.05, 4.69) is 24.5 Å². The number of rotatable bonds is 17. The molecule has 1 aliphatic heterocycles. The molecule has 38 heavy (non-hydrogen) atoms. The van der Waals surface area contributed by atoms with Gasteiger partial charge in [0.2, 0.25) is 5.91 Å². The lowest BCUT2D eigenvalue weighted by atomic mass is 9.87. The molecule has 3 rings (SSSR count). The van der Waals surface area contributed by atoms with Crippen LogP contribution in [0.2, 0.25) is 0 Å². The number of carbonyl (C=O) groups excluding carboxylic acids is 2. The summed E-state index contributed by atoms with van der Waals surface area (Å²) in [6, 6.07) is 20.0. The Balaban J connectivity index is 1.60. The third-order valence-electron chi connectivity index (χ3n) is 7.43. The minimum absolute atomic E-state index is 0.0391. The van der Waals surface area contributed by atoms with Crippen molar-refractivity contribution in [3.8, 4) is 0 Å². The zero-order valence-corrected chi connectivity index (χ0v) is 23.2. The number of amides is 2. The van der Waals surface area contributed by atoms with Crippen molar-refractivity contribution in [3.05, 3.63) is 71.8 Å². The summed E-state index contributed by atoms with van der Waals surface area (Å²) >= 11 is 0. The third-order valence-corrected chi connectivity index (χ3v) is 7.43. The van der Waals surface area contributed by atoms with Gasteiger partial charge in [0.05, 0.1) is 19.8 Å². The van der Waals surface area contributed by atoms with E-state index in [1.54, 1.807) is 4.90 Å². The molecular weight excluding hydrogens is 476 g/mol. The molecule has 6 nitrogen and oxygen atoms in total. The van der Waals surface area contributed by atoms with Crippen LogP contribution < -0.4 is 5.48 Å². The molecule has 0 bridgehead atoms. The molecule has 1 atom stereocenters. The number of ether oxygens (including phenoxy) is 1. The summed E-state index contributed by atoms with van der Waals surface area (Å²) in [5, 5.41) is 0. The second-order valence-electron chi connectivity index (χ2n) is 10.4. The molecule has 0 radical (unpaired) electrons. The number of nitrogens with one attached hydrogen (secondary N) is 1. The highest BCUT2D eigenvalue weighted by Gasteiger charge is 2.48. The molecule has 0 spiro atoms. The molecule has 1 heterocycles. The fourth-order valence-corrected chi connectivity index (χ4v) is 5.19. The third kappa shape index (κ3) is 9.55. The number of hydrogen-bond acceptors (Lipinski definition) is 4. The summed E-state index contributed by atoms with van der Waals surface area (Å²) in [4.78, 5) is 34.5. The van der Waals surface area contributed by atoms with Gasteiger partial charge in [-0.2, -0.15) is 0 Å².